The summed E-state index contributed by atoms with van der Waals surface area (Å²) < 4.78 is 0. The molecule has 0 atom stereocenters. The molecule has 0 saturated heterocycles. The van der Waals surface area contributed by atoms with Crippen molar-refractivity contribution in [2.45, 2.75) is 53.4 Å². The van der Waals surface area contributed by atoms with E-state index in [1.807, 2.05) is 0 Å². The molecule has 0 bridgehead atoms. The SMILES string of the molecule is Br.Br.Br.Br.C.CCNCCCCCNCCCNCCCNCC. The topological polar surface area (TPSA) is 48.1 Å². The van der Waals surface area contributed by atoms with Gasteiger partial charge in [0.2, 0.25) is 0 Å². The highest BCUT2D eigenvalue weighted by Crippen LogP contribution is 1.92. The Morgan fingerprint density at radius 3 is 1.08 bits per heavy atom. The number of rotatable bonds is 16. The van der Waals surface area contributed by atoms with Crippen molar-refractivity contribution in [3.05, 3.63) is 0 Å². The quantitative estimate of drug-likeness (QED) is 0.197. The largest absolute Gasteiger partial charge is 0.317 e. The zero-order valence-corrected chi connectivity index (χ0v) is 21.7. The third kappa shape index (κ3) is 39.0. The van der Waals surface area contributed by atoms with E-state index in [4.69, 9.17) is 0 Å². The molecule has 0 aromatic rings. The molecule has 0 saturated carbocycles. The zero-order valence-electron chi connectivity index (χ0n) is 14.8. The van der Waals surface area contributed by atoms with Crippen LogP contribution in [0.25, 0.3) is 0 Å². The van der Waals surface area contributed by atoms with E-state index in [1.165, 1.54) is 45.2 Å². The van der Waals surface area contributed by atoms with Crippen LogP contribution in [0.4, 0.5) is 0 Å². The van der Waals surface area contributed by atoms with E-state index in [9.17, 15) is 0 Å². The molecule has 0 spiro atoms. The minimum Gasteiger partial charge on any atom is -0.317 e. The van der Waals surface area contributed by atoms with Gasteiger partial charge >= 0.3 is 0 Å². The number of halogens is 4. The Balaban J connectivity index is -0.000000162. The molecule has 0 aliphatic rings. The van der Waals surface area contributed by atoms with Gasteiger partial charge in [-0.25, -0.2) is 0 Å². The van der Waals surface area contributed by atoms with Crippen molar-refractivity contribution in [3.8, 4) is 0 Å². The summed E-state index contributed by atoms with van der Waals surface area (Å²) >= 11 is 0. The van der Waals surface area contributed by atoms with Gasteiger partial charge in [-0.15, -0.1) is 67.9 Å². The van der Waals surface area contributed by atoms with Crippen LogP contribution in [0.15, 0.2) is 0 Å². The van der Waals surface area contributed by atoms with E-state index >= 15 is 0 Å². The smallest absolute Gasteiger partial charge is 0.00368 e. The van der Waals surface area contributed by atoms with Gasteiger partial charge in [-0.3, -0.25) is 0 Å². The lowest BCUT2D eigenvalue weighted by Crippen LogP contribution is -2.25. The second-order valence-corrected chi connectivity index (χ2v) is 4.97. The van der Waals surface area contributed by atoms with Crippen LogP contribution in [0.3, 0.4) is 0 Å². The summed E-state index contributed by atoms with van der Waals surface area (Å²) in [5.41, 5.74) is 0. The van der Waals surface area contributed by atoms with Crippen LogP contribution < -0.4 is 21.3 Å². The van der Waals surface area contributed by atoms with Crippen molar-refractivity contribution in [3.63, 3.8) is 0 Å². The first-order valence-corrected chi connectivity index (χ1v) is 8.24. The fraction of sp³-hybridized carbons (Fsp3) is 1.00. The Labute approximate surface area is 193 Å². The zero-order chi connectivity index (χ0) is 14.0. The molecule has 0 amide bonds. The summed E-state index contributed by atoms with van der Waals surface area (Å²) in [5.74, 6) is 0. The van der Waals surface area contributed by atoms with Crippen LogP contribution in [0.1, 0.15) is 53.4 Å². The number of nitrogens with one attached hydrogen (secondary N) is 4. The van der Waals surface area contributed by atoms with Crippen molar-refractivity contribution in [1.29, 1.82) is 0 Å². The Hall–Kier alpha value is 1.76. The maximum absolute atomic E-state index is 3.51. The van der Waals surface area contributed by atoms with Crippen molar-refractivity contribution >= 4 is 67.9 Å². The fourth-order valence-corrected chi connectivity index (χ4v) is 1.96. The molecule has 156 valence electrons. The van der Waals surface area contributed by atoms with Gasteiger partial charge in [0.15, 0.2) is 0 Å². The van der Waals surface area contributed by atoms with E-state index in [0.717, 1.165) is 39.3 Å². The summed E-state index contributed by atoms with van der Waals surface area (Å²) in [6.45, 7) is 13.4. The van der Waals surface area contributed by atoms with E-state index in [1.54, 1.807) is 0 Å². The van der Waals surface area contributed by atoms with Crippen LogP contribution in [-0.4, -0.2) is 52.4 Å². The van der Waals surface area contributed by atoms with E-state index in [-0.39, 0.29) is 75.4 Å². The summed E-state index contributed by atoms with van der Waals surface area (Å²) in [6.07, 6.45) is 6.42. The predicted molar refractivity (Wildman–Crippen MR) is 134 cm³/mol. The van der Waals surface area contributed by atoms with Crippen molar-refractivity contribution in [2.75, 3.05) is 52.4 Å². The lowest BCUT2D eigenvalue weighted by atomic mass is 10.2. The van der Waals surface area contributed by atoms with Gasteiger partial charge in [0, 0.05) is 0 Å². The molecule has 0 aliphatic heterocycles. The molecule has 24 heavy (non-hydrogen) atoms. The van der Waals surface area contributed by atoms with E-state index in [2.05, 4.69) is 35.1 Å². The van der Waals surface area contributed by atoms with Gasteiger partial charge in [-0.1, -0.05) is 27.7 Å². The first-order valence-electron chi connectivity index (χ1n) is 8.24. The molecule has 8 heteroatoms. The molecule has 0 aromatic carbocycles. The average Bonchev–Trinajstić information content (AvgIpc) is 2.43. The van der Waals surface area contributed by atoms with Gasteiger partial charge in [0.25, 0.3) is 0 Å². The van der Waals surface area contributed by atoms with Crippen molar-refractivity contribution < 1.29 is 0 Å². The molecule has 4 N–H and O–H groups in total. The Morgan fingerprint density at radius 2 is 0.708 bits per heavy atom. The van der Waals surface area contributed by atoms with E-state index in [0.29, 0.717) is 0 Å². The first kappa shape index (κ1) is 40.4. The fourth-order valence-electron chi connectivity index (χ4n) is 1.96. The molecule has 0 radical (unpaired) electrons. The summed E-state index contributed by atoms with van der Waals surface area (Å²) in [7, 11) is 0. The van der Waals surface area contributed by atoms with Crippen molar-refractivity contribution in [1.82, 2.24) is 21.3 Å². The molecule has 0 unspecified atom stereocenters. The maximum atomic E-state index is 3.51. The summed E-state index contributed by atoms with van der Waals surface area (Å²) in [4.78, 5) is 0. The highest BCUT2D eigenvalue weighted by atomic mass is 79.9. The lowest BCUT2D eigenvalue weighted by Gasteiger charge is -2.07. The minimum absolute atomic E-state index is 0. The maximum Gasteiger partial charge on any atom is -0.00368 e. The highest BCUT2D eigenvalue weighted by Gasteiger charge is 1.91. The van der Waals surface area contributed by atoms with Gasteiger partial charge in [0.05, 0.1) is 0 Å². The standard InChI is InChI=1S/C15H36N4.CH4.4BrH/c1-3-16-10-6-5-7-11-18-14-9-15-19-13-8-12-17-4-2;;;;;/h16-19H,3-15H2,1-2H3;1H4;4*1H. The average molecular weight is 612 g/mol. The Kier molecular flexibility index (Phi) is 66.9. The molecule has 0 rings (SSSR count). The number of hydrogen-bond donors (Lipinski definition) is 4. The molecule has 0 aliphatic carbocycles. The molecule has 0 heterocycles. The number of unbranched alkanes of at least 4 members (excludes halogenated alkanes) is 2. The molecular weight excluding hydrogens is 568 g/mol. The molecule has 0 aromatic heterocycles. The molecular formula is C16H44Br4N4. The Morgan fingerprint density at radius 1 is 0.417 bits per heavy atom. The van der Waals surface area contributed by atoms with Gasteiger partial charge < -0.3 is 21.3 Å². The van der Waals surface area contributed by atoms with Crippen LogP contribution in [0, 0.1) is 0 Å². The summed E-state index contributed by atoms with van der Waals surface area (Å²) in [6, 6.07) is 0. The van der Waals surface area contributed by atoms with Crippen LogP contribution in [0.2, 0.25) is 0 Å². The van der Waals surface area contributed by atoms with Crippen molar-refractivity contribution in [2.24, 2.45) is 0 Å². The number of hydrogen-bond acceptors (Lipinski definition) is 4. The van der Waals surface area contributed by atoms with E-state index < -0.39 is 0 Å². The molecule has 4 nitrogen and oxygen atoms in total. The van der Waals surface area contributed by atoms with Crippen LogP contribution in [0.5, 0.6) is 0 Å². The van der Waals surface area contributed by atoms with Gasteiger partial charge in [-0.05, 0) is 78.0 Å². The third-order valence-corrected chi connectivity index (χ3v) is 3.12. The van der Waals surface area contributed by atoms with Crippen LogP contribution >= 0.6 is 67.9 Å². The highest BCUT2D eigenvalue weighted by molar-refractivity contribution is 8.93. The van der Waals surface area contributed by atoms with Gasteiger partial charge in [-0.2, -0.15) is 0 Å². The monoisotopic (exact) mass is 608 g/mol. The molecule has 0 fully saturated rings. The second-order valence-electron chi connectivity index (χ2n) is 4.97. The minimum atomic E-state index is 0. The first-order chi connectivity index (χ1) is 9.41. The van der Waals surface area contributed by atoms with Gasteiger partial charge in [0.1, 0.15) is 0 Å². The summed E-state index contributed by atoms with van der Waals surface area (Å²) in [5, 5.41) is 13.7. The third-order valence-electron chi connectivity index (χ3n) is 3.12. The second kappa shape index (κ2) is 39.7. The Bertz CT molecular complexity index is 153. The normalized spacial score (nSPS) is 8.75. The van der Waals surface area contributed by atoms with Crippen LogP contribution in [-0.2, 0) is 0 Å². The predicted octanol–water partition coefficient (Wildman–Crippen LogP) is 4.28. The lowest BCUT2D eigenvalue weighted by molar-refractivity contribution is 0.548.